The molecule has 3 N–H and O–H groups in total. The summed E-state index contributed by atoms with van der Waals surface area (Å²) in [6, 6.07) is 14.1. The molecule has 4 rings (SSSR count). The van der Waals surface area contributed by atoms with Crippen LogP contribution in [0.2, 0.25) is 0 Å². The van der Waals surface area contributed by atoms with Gasteiger partial charge in [0.05, 0.1) is 13.2 Å². The van der Waals surface area contributed by atoms with Crippen molar-refractivity contribution in [2.45, 2.75) is 6.04 Å². The van der Waals surface area contributed by atoms with Crippen LogP contribution in [0.25, 0.3) is 0 Å². The number of hydrogen-bond donors (Lipinski definition) is 3. The number of rotatable bonds is 5. The number of carbonyl (C=O) groups is 2. The summed E-state index contributed by atoms with van der Waals surface area (Å²) < 4.78 is 5.28. The van der Waals surface area contributed by atoms with E-state index in [-0.39, 0.29) is 11.8 Å². The Kier molecular flexibility index (Phi) is 5.48. The Balaban J connectivity index is 1.59. The number of anilines is 1. The maximum atomic E-state index is 13.2. The van der Waals surface area contributed by atoms with Gasteiger partial charge in [-0.1, -0.05) is 12.1 Å². The zero-order chi connectivity index (χ0) is 20.2. The zero-order valence-electron chi connectivity index (χ0n) is 16.3. The Morgan fingerprint density at radius 1 is 1.10 bits per heavy atom. The van der Waals surface area contributed by atoms with E-state index >= 15 is 0 Å². The summed E-state index contributed by atoms with van der Waals surface area (Å²) in [4.78, 5) is 27.4. The fourth-order valence-corrected chi connectivity index (χ4v) is 3.67. The van der Waals surface area contributed by atoms with Gasteiger partial charge in [0.25, 0.3) is 0 Å². The third kappa shape index (κ3) is 4.09. The molecule has 2 aliphatic rings. The van der Waals surface area contributed by atoms with Crippen molar-refractivity contribution in [2.75, 3.05) is 38.2 Å². The highest BCUT2D eigenvalue weighted by Crippen LogP contribution is 2.29. The van der Waals surface area contributed by atoms with Crippen molar-refractivity contribution in [1.29, 1.82) is 0 Å². The molecular weight excluding hydrogens is 368 g/mol. The summed E-state index contributed by atoms with van der Waals surface area (Å²) in [5.74, 6) is 0.541. The molecule has 1 unspecified atom stereocenters. The molecule has 1 fully saturated rings. The number of benzene rings is 2. The van der Waals surface area contributed by atoms with Gasteiger partial charge in [-0.05, 0) is 42.0 Å². The molecule has 2 aromatic carbocycles. The van der Waals surface area contributed by atoms with E-state index in [1.165, 1.54) is 6.20 Å². The van der Waals surface area contributed by atoms with E-state index in [2.05, 4.69) is 20.9 Å². The molecule has 0 bridgehead atoms. The van der Waals surface area contributed by atoms with Crippen molar-refractivity contribution in [1.82, 2.24) is 16.0 Å². The Labute approximate surface area is 169 Å². The molecule has 150 valence electrons. The van der Waals surface area contributed by atoms with Gasteiger partial charge in [0.2, 0.25) is 0 Å². The fourth-order valence-electron chi connectivity index (χ4n) is 3.67. The van der Waals surface area contributed by atoms with E-state index in [0.717, 1.165) is 37.4 Å². The summed E-state index contributed by atoms with van der Waals surface area (Å²) in [5.41, 5.74) is 2.96. The van der Waals surface area contributed by atoms with Crippen molar-refractivity contribution in [2.24, 2.45) is 0 Å². The fraction of sp³-hybridized carbons (Fsp3) is 0.273. The highest BCUT2D eigenvalue weighted by Gasteiger charge is 2.29. The van der Waals surface area contributed by atoms with E-state index in [1.54, 1.807) is 7.11 Å². The van der Waals surface area contributed by atoms with Gasteiger partial charge in [0, 0.05) is 49.2 Å². The summed E-state index contributed by atoms with van der Waals surface area (Å²) in [6.07, 6.45) is 1.50. The van der Waals surface area contributed by atoms with Crippen LogP contribution in [0, 0.1) is 0 Å². The minimum atomic E-state index is -0.542. The minimum absolute atomic E-state index is 0.128. The van der Waals surface area contributed by atoms with Gasteiger partial charge in [-0.2, -0.15) is 0 Å². The maximum absolute atomic E-state index is 13.2. The second kappa shape index (κ2) is 8.36. The number of urea groups is 1. The first kappa shape index (κ1) is 19.0. The number of ketones is 1. The van der Waals surface area contributed by atoms with Crippen LogP contribution >= 0.6 is 0 Å². The quantitative estimate of drug-likeness (QED) is 0.680. The van der Waals surface area contributed by atoms with Crippen LogP contribution in [-0.4, -0.2) is 45.1 Å². The Morgan fingerprint density at radius 3 is 2.59 bits per heavy atom. The van der Waals surface area contributed by atoms with Crippen molar-refractivity contribution in [3.8, 4) is 5.75 Å². The van der Waals surface area contributed by atoms with Gasteiger partial charge in [0.15, 0.2) is 5.78 Å². The topological polar surface area (TPSA) is 82.7 Å². The predicted octanol–water partition coefficient (Wildman–Crippen LogP) is 2.23. The summed E-state index contributed by atoms with van der Waals surface area (Å²) >= 11 is 0. The van der Waals surface area contributed by atoms with E-state index in [1.807, 2.05) is 48.5 Å². The molecule has 29 heavy (non-hydrogen) atoms. The smallest absolute Gasteiger partial charge is 0.319 e. The molecule has 0 aromatic heterocycles. The first-order valence-electron chi connectivity index (χ1n) is 9.67. The van der Waals surface area contributed by atoms with Crippen molar-refractivity contribution in [3.05, 3.63) is 71.4 Å². The van der Waals surface area contributed by atoms with Crippen molar-refractivity contribution >= 4 is 17.5 Å². The second-order valence-corrected chi connectivity index (χ2v) is 7.04. The third-order valence-electron chi connectivity index (χ3n) is 5.25. The number of amides is 2. The van der Waals surface area contributed by atoms with E-state index in [4.69, 9.17) is 4.74 Å². The van der Waals surface area contributed by atoms with Crippen LogP contribution < -0.4 is 25.6 Å². The van der Waals surface area contributed by atoms with Crippen molar-refractivity contribution in [3.63, 3.8) is 0 Å². The molecule has 0 saturated carbocycles. The second-order valence-electron chi connectivity index (χ2n) is 7.04. The lowest BCUT2D eigenvalue weighted by molar-refractivity contribution is 0.102. The average molecular weight is 392 g/mol. The summed E-state index contributed by atoms with van der Waals surface area (Å²) in [6.45, 7) is 3.82. The van der Waals surface area contributed by atoms with Gasteiger partial charge in [-0.15, -0.1) is 0 Å². The summed E-state index contributed by atoms with van der Waals surface area (Å²) in [7, 11) is 1.59. The minimum Gasteiger partial charge on any atom is -0.497 e. The van der Waals surface area contributed by atoms with Crippen molar-refractivity contribution < 1.29 is 14.3 Å². The first-order valence-corrected chi connectivity index (χ1v) is 9.67. The molecule has 0 spiro atoms. The Bertz CT molecular complexity index is 933. The van der Waals surface area contributed by atoms with Crippen LogP contribution in [0.3, 0.4) is 0 Å². The largest absolute Gasteiger partial charge is 0.497 e. The third-order valence-corrected chi connectivity index (χ3v) is 5.25. The number of nitrogens with one attached hydrogen (secondary N) is 3. The van der Waals surface area contributed by atoms with Crippen LogP contribution in [0.4, 0.5) is 10.5 Å². The zero-order valence-corrected chi connectivity index (χ0v) is 16.3. The predicted molar refractivity (Wildman–Crippen MR) is 111 cm³/mol. The molecule has 0 radical (unpaired) electrons. The summed E-state index contributed by atoms with van der Waals surface area (Å²) in [5, 5.41) is 8.77. The highest BCUT2D eigenvalue weighted by atomic mass is 16.5. The molecule has 2 aromatic rings. The van der Waals surface area contributed by atoms with Gasteiger partial charge >= 0.3 is 6.03 Å². The van der Waals surface area contributed by atoms with Crippen LogP contribution in [-0.2, 0) is 0 Å². The molecule has 2 amide bonds. The van der Waals surface area contributed by atoms with E-state index < -0.39 is 6.04 Å². The molecule has 7 nitrogen and oxygen atoms in total. The number of methoxy groups -OCH3 is 1. The molecule has 2 aliphatic heterocycles. The molecule has 1 atom stereocenters. The van der Waals surface area contributed by atoms with Gasteiger partial charge in [-0.25, -0.2) is 4.79 Å². The Hall–Kier alpha value is -3.32. The standard InChI is InChI=1S/C22H24N4O3/c1-29-18-4-2-3-16(13-18)20-19(14-24-22(28)25-20)21(27)15-5-7-17(8-6-15)26-11-9-23-10-12-26/h2-8,13-14,20,23H,9-12H2,1H3,(H2,24,25,28). The number of Topliss-reactive ketones (excluding diaryl/α,β-unsaturated/α-hetero) is 1. The van der Waals surface area contributed by atoms with Gasteiger partial charge in [0.1, 0.15) is 5.75 Å². The lowest BCUT2D eigenvalue weighted by Crippen LogP contribution is -2.43. The number of ether oxygens (including phenoxy) is 1. The number of hydrogen-bond acceptors (Lipinski definition) is 5. The van der Waals surface area contributed by atoms with Crippen LogP contribution in [0.1, 0.15) is 22.0 Å². The lowest BCUT2D eigenvalue weighted by atomic mass is 9.91. The number of nitrogens with zero attached hydrogens (tertiary/aromatic N) is 1. The molecule has 2 heterocycles. The number of piperazine rings is 1. The molecular formula is C22H24N4O3. The SMILES string of the molecule is COc1cccc(C2NC(=O)NC=C2C(=O)c2ccc(N3CCNCC3)cc2)c1. The average Bonchev–Trinajstić information content (AvgIpc) is 2.79. The van der Waals surface area contributed by atoms with Crippen LogP contribution in [0.15, 0.2) is 60.3 Å². The molecule has 1 saturated heterocycles. The lowest BCUT2D eigenvalue weighted by Gasteiger charge is -2.29. The van der Waals surface area contributed by atoms with Crippen LogP contribution in [0.5, 0.6) is 5.75 Å². The first-order chi connectivity index (χ1) is 14.2. The normalized spacial score (nSPS) is 19.1. The number of carbonyl (C=O) groups excluding carboxylic acids is 2. The van der Waals surface area contributed by atoms with E-state index in [0.29, 0.717) is 16.9 Å². The molecule has 7 heteroatoms. The highest BCUT2D eigenvalue weighted by molar-refractivity contribution is 6.10. The Morgan fingerprint density at radius 2 is 1.86 bits per heavy atom. The van der Waals surface area contributed by atoms with E-state index in [9.17, 15) is 9.59 Å². The van der Waals surface area contributed by atoms with Gasteiger partial charge in [-0.3, -0.25) is 4.79 Å². The monoisotopic (exact) mass is 392 g/mol. The molecule has 0 aliphatic carbocycles. The maximum Gasteiger partial charge on any atom is 0.319 e. The van der Waals surface area contributed by atoms with Gasteiger partial charge < -0.3 is 25.6 Å².